The summed E-state index contributed by atoms with van der Waals surface area (Å²) in [5.41, 5.74) is -0.0438. The van der Waals surface area contributed by atoms with Gasteiger partial charge in [-0.25, -0.2) is 0 Å². The molecule has 0 saturated carbocycles. The fraction of sp³-hybridized carbons (Fsp3) is 0.143. The summed E-state index contributed by atoms with van der Waals surface area (Å²) in [4.78, 5) is 10.2. The molecule has 0 aliphatic carbocycles. The average Bonchev–Trinajstić information content (AvgIpc) is 2.05. The zero-order valence-corrected chi connectivity index (χ0v) is 7.25. The Kier molecular flexibility index (Phi) is 2.54. The smallest absolute Gasteiger partial charge is 0.286 e. The number of rotatable bonds is 2. The standard InChI is InChI=1S/C7H7NO3S/c1-11-5-2-3-7(12)6(4-5)8(9)10/h2-4,12H,1H3. The number of methoxy groups -OCH3 is 1. The van der Waals surface area contributed by atoms with Crippen molar-refractivity contribution in [3.05, 3.63) is 28.3 Å². The molecule has 0 unspecified atom stereocenters. The lowest BCUT2D eigenvalue weighted by atomic mass is 10.3. The van der Waals surface area contributed by atoms with Crippen molar-refractivity contribution >= 4 is 18.3 Å². The van der Waals surface area contributed by atoms with E-state index in [9.17, 15) is 10.1 Å². The number of hydrogen-bond acceptors (Lipinski definition) is 4. The Balaban J connectivity index is 3.17. The van der Waals surface area contributed by atoms with Crippen LogP contribution < -0.4 is 4.74 Å². The van der Waals surface area contributed by atoms with Crippen molar-refractivity contribution in [1.29, 1.82) is 0 Å². The van der Waals surface area contributed by atoms with Gasteiger partial charge in [0.25, 0.3) is 5.69 Å². The number of thiol groups is 1. The summed E-state index contributed by atoms with van der Waals surface area (Å²) >= 11 is 3.93. The molecule has 12 heavy (non-hydrogen) atoms. The number of hydrogen-bond donors (Lipinski definition) is 1. The largest absolute Gasteiger partial charge is 0.497 e. The molecule has 5 heteroatoms. The van der Waals surface area contributed by atoms with E-state index < -0.39 is 4.92 Å². The molecule has 0 saturated heterocycles. The maximum absolute atomic E-state index is 10.4. The molecule has 0 radical (unpaired) electrons. The monoisotopic (exact) mass is 185 g/mol. The van der Waals surface area contributed by atoms with Crippen molar-refractivity contribution in [3.63, 3.8) is 0 Å². The van der Waals surface area contributed by atoms with E-state index in [0.29, 0.717) is 10.6 Å². The van der Waals surface area contributed by atoms with E-state index in [2.05, 4.69) is 12.6 Å². The lowest BCUT2D eigenvalue weighted by Crippen LogP contribution is -1.91. The van der Waals surface area contributed by atoms with E-state index in [1.165, 1.54) is 19.2 Å². The van der Waals surface area contributed by atoms with Crippen LogP contribution in [-0.4, -0.2) is 12.0 Å². The summed E-state index contributed by atoms with van der Waals surface area (Å²) in [6, 6.07) is 4.48. The highest BCUT2D eigenvalue weighted by atomic mass is 32.1. The van der Waals surface area contributed by atoms with Gasteiger partial charge in [0, 0.05) is 0 Å². The highest BCUT2D eigenvalue weighted by molar-refractivity contribution is 7.80. The molecule has 4 nitrogen and oxygen atoms in total. The maximum atomic E-state index is 10.4. The van der Waals surface area contributed by atoms with E-state index in [4.69, 9.17) is 4.74 Å². The minimum absolute atomic E-state index is 0.0438. The normalized spacial score (nSPS) is 9.50. The number of nitro benzene ring substituents is 1. The molecule has 64 valence electrons. The van der Waals surface area contributed by atoms with Crippen molar-refractivity contribution in [2.75, 3.05) is 7.11 Å². The average molecular weight is 185 g/mol. The third-order valence-corrected chi connectivity index (χ3v) is 1.76. The number of ether oxygens (including phenoxy) is 1. The molecule has 0 aliphatic heterocycles. The lowest BCUT2D eigenvalue weighted by molar-refractivity contribution is -0.387. The molecule has 0 heterocycles. The molecular weight excluding hydrogens is 178 g/mol. The molecule has 0 aromatic heterocycles. The summed E-state index contributed by atoms with van der Waals surface area (Å²) in [6.45, 7) is 0. The fourth-order valence-electron chi connectivity index (χ4n) is 0.776. The van der Waals surface area contributed by atoms with Gasteiger partial charge in [-0.05, 0) is 12.1 Å². The molecule has 0 amide bonds. The summed E-state index contributed by atoms with van der Waals surface area (Å²) in [7, 11) is 1.46. The second kappa shape index (κ2) is 3.44. The van der Waals surface area contributed by atoms with E-state index in [-0.39, 0.29) is 5.69 Å². The van der Waals surface area contributed by atoms with Gasteiger partial charge in [-0.2, -0.15) is 0 Å². The highest BCUT2D eigenvalue weighted by Gasteiger charge is 2.11. The van der Waals surface area contributed by atoms with Gasteiger partial charge in [0.05, 0.1) is 23.0 Å². The minimum Gasteiger partial charge on any atom is -0.497 e. The van der Waals surface area contributed by atoms with Crippen LogP contribution in [0.2, 0.25) is 0 Å². The first-order valence-corrected chi connectivity index (χ1v) is 3.61. The Labute approximate surface area is 74.7 Å². The maximum Gasteiger partial charge on any atom is 0.286 e. The summed E-state index contributed by atoms with van der Waals surface area (Å²) < 4.78 is 4.82. The third kappa shape index (κ3) is 1.68. The fourth-order valence-corrected chi connectivity index (χ4v) is 0.997. The van der Waals surface area contributed by atoms with Gasteiger partial charge in [-0.15, -0.1) is 12.6 Å². The zero-order valence-electron chi connectivity index (χ0n) is 6.35. The molecule has 0 N–H and O–H groups in total. The van der Waals surface area contributed by atoms with Gasteiger partial charge >= 0.3 is 0 Å². The van der Waals surface area contributed by atoms with E-state index in [1.807, 2.05) is 0 Å². The van der Waals surface area contributed by atoms with E-state index in [1.54, 1.807) is 6.07 Å². The predicted molar refractivity (Wildman–Crippen MR) is 46.9 cm³/mol. The molecule has 0 atom stereocenters. The summed E-state index contributed by atoms with van der Waals surface area (Å²) in [5.74, 6) is 0.458. The Hall–Kier alpha value is -1.23. The molecule has 1 aromatic carbocycles. The highest BCUT2D eigenvalue weighted by Crippen LogP contribution is 2.26. The van der Waals surface area contributed by atoms with Crippen LogP contribution >= 0.6 is 12.6 Å². The quantitative estimate of drug-likeness (QED) is 0.435. The SMILES string of the molecule is COc1ccc(S)c([N+](=O)[O-])c1. The van der Waals surface area contributed by atoms with E-state index >= 15 is 0 Å². The Morgan fingerprint density at radius 2 is 2.25 bits per heavy atom. The van der Waals surface area contributed by atoms with Crippen LogP contribution in [0.3, 0.4) is 0 Å². The lowest BCUT2D eigenvalue weighted by Gasteiger charge is -1.99. The summed E-state index contributed by atoms with van der Waals surface area (Å²) in [6.07, 6.45) is 0. The van der Waals surface area contributed by atoms with Crippen LogP contribution in [0, 0.1) is 10.1 Å². The molecular formula is C7H7NO3S. The zero-order chi connectivity index (χ0) is 9.14. The second-order valence-corrected chi connectivity index (χ2v) is 2.59. The minimum atomic E-state index is -0.495. The van der Waals surface area contributed by atoms with Crippen LogP contribution in [0.15, 0.2) is 23.1 Å². The van der Waals surface area contributed by atoms with Crippen LogP contribution in [-0.2, 0) is 0 Å². The van der Waals surface area contributed by atoms with Gasteiger partial charge in [0.1, 0.15) is 5.75 Å². The number of nitro groups is 1. The van der Waals surface area contributed by atoms with Gasteiger partial charge in [0.15, 0.2) is 0 Å². The van der Waals surface area contributed by atoms with Gasteiger partial charge in [-0.3, -0.25) is 10.1 Å². The molecule has 0 bridgehead atoms. The first-order valence-electron chi connectivity index (χ1n) is 3.16. The topological polar surface area (TPSA) is 52.4 Å². The van der Waals surface area contributed by atoms with Crippen LogP contribution in [0.1, 0.15) is 0 Å². The van der Waals surface area contributed by atoms with Gasteiger partial charge in [0.2, 0.25) is 0 Å². The molecule has 0 fully saturated rings. The van der Waals surface area contributed by atoms with Crippen LogP contribution in [0.5, 0.6) is 5.75 Å². The Morgan fingerprint density at radius 1 is 1.58 bits per heavy atom. The number of benzene rings is 1. The van der Waals surface area contributed by atoms with Gasteiger partial charge in [-0.1, -0.05) is 0 Å². The van der Waals surface area contributed by atoms with Crippen LogP contribution in [0.25, 0.3) is 0 Å². The molecule has 1 rings (SSSR count). The van der Waals surface area contributed by atoms with Gasteiger partial charge < -0.3 is 4.74 Å². The van der Waals surface area contributed by atoms with Crippen molar-refractivity contribution < 1.29 is 9.66 Å². The van der Waals surface area contributed by atoms with Crippen molar-refractivity contribution in [2.24, 2.45) is 0 Å². The third-order valence-electron chi connectivity index (χ3n) is 1.38. The Morgan fingerprint density at radius 3 is 2.75 bits per heavy atom. The number of nitrogens with zero attached hydrogens (tertiary/aromatic N) is 1. The Bertz CT molecular complexity index is 314. The molecule has 0 spiro atoms. The van der Waals surface area contributed by atoms with Crippen molar-refractivity contribution in [2.45, 2.75) is 4.90 Å². The molecule has 1 aromatic rings. The second-order valence-electron chi connectivity index (χ2n) is 2.11. The van der Waals surface area contributed by atoms with Crippen LogP contribution in [0.4, 0.5) is 5.69 Å². The van der Waals surface area contributed by atoms with E-state index in [0.717, 1.165) is 0 Å². The predicted octanol–water partition coefficient (Wildman–Crippen LogP) is 1.89. The van der Waals surface area contributed by atoms with Crippen molar-refractivity contribution in [3.8, 4) is 5.75 Å². The molecule has 0 aliphatic rings. The summed E-state index contributed by atoms with van der Waals surface area (Å²) in [5, 5.41) is 10.4. The first-order chi connectivity index (χ1) is 5.65. The van der Waals surface area contributed by atoms with Crippen molar-refractivity contribution in [1.82, 2.24) is 0 Å². The first kappa shape index (κ1) is 8.86.